The van der Waals surface area contributed by atoms with E-state index >= 15 is 0 Å². The first kappa shape index (κ1) is 25.8. The summed E-state index contributed by atoms with van der Waals surface area (Å²) >= 11 is 1.23. The summed E-state index contributed by atoms with van der Waals surface area (Å²) in [5.41, 5.74) is 1.57. The maximum Gasteiger partial charge on any atom is 0.262 e. The second-order valence-corrected chi connectivity index (χ2v) is 9.93. The highest BCUT2D eigenvalue weighted by Gasteiger charge is 2.22. The fourth-order valence-corrected chi connectivity index (χ4v) is 5.06. The highest BCUT2D eigenvalue weighted by molar-refractivity contribution is 7.99. The first-order valence-corrected chi connectivity index (χ1v) is 13.4. The summed E-state index contributed by atoms with van der Waals surface area (Å²) < 4.78 is 1.54. The Morgan fingerprint density at radius 2 is 1.72 bits per heavy atom. The molecular formula is C27H33N5O3S. The molecule has 0 bridgehead atoms. The molecule has 1 N–H and O–H groups in total. The molecule has 1 fully saturated rings. The van der Waals surface area contributed by atoms with Crippen molar-refractivity contribution in [1.82, 2.24) is 19.8 Å². The molecule has 2 heterocycles. The molecule has 36 heavy (non-hydrogen) atoms. The van der Waals surface area contributed by atoms with Gasteiger partial charge in [0.1, 0.15) is 0 Å². The number of carbonyl (C=O) groups excluding carboxylic acids is 2. The molecular weight excluding hydrogens is 474 g/mol. The Labute approximate surface area is 215 Å². The van der Waals surface area contributed by atoms with E-state index in [9.17, 15) is 14.4 Å². The molecule has 0 unspecified atom stereocenters. The number of carbonyl (C=O) groups is 2. The number of anilines is 1. The molecule has 1 saturated heterocycles. The zero-order chi connectivity index (χ0) is 25.5. The predicted molar refractivity (Wildman–Crippen MR) is 144 cm³/mol. The average Bonchev–Trinajstić information content (AvgIpc) is 2.92. The Hall–Kier alpha value is -3.33. The standard InChI is InChI=1S/C27H33N5O3S/c1-3-20(2)28-24(33)19-36-27-29-23-12-8-7-11-22(23)26(35)32(27)14-13-25(34)31-17-15-30(16-18-31)21-9-5-4-6-10-21/h4-12,20H,3,13-19H2,1-2H3,(H,28,33)/t20-/m0/s1. The van der Waals surface area contributed by atoms with Crippen LogP contribution < -0.4 is 15.8 Å². The molecule has 4 rings (SSSR count). The van der Waals surface area contributed by atoms with Crippen LogP contribution in [0.2, 0.25) is 0 Å². The minimum Gasteiger partial charge on any atom is -0.368 e. The molecule has 0 radical (unpaired) electrons. The van der Waals surface area contributed by atoms with Gasteiger partial charge in [-0.1, -0.05) is 49.0 Å². The number of piperazine rings is 1. The molecule has 190 valence electrons. The number of thioether (sulfide) groups is 1. The largest absolute Gasteiger partial charge is 0.368 e. The molecule has 3 aromatic rings. The Balaban J connectivity index is 1.43. The maximum absolute atomic E-state index is 13.3. The zero-order valence-electron chi connectivity index (χ0n) is 20.9. The van der Waals surface area contributed by atoms with Gasteiger partial charge in [-0.05, 0) is 37.6 Å². The van der Waals surface area contributed by atoms with Gasteiger partial charge in [-0.2, -0.15) is 0 Å². The van der Waals surface area contributed by atoms with Crippen molar-refractivity contribution in [2.75, 3.05) is 36.8 Å². The van der Waals surface area contributed by atoms with Crippen LogP contribution in [0.25, 0.3) is 10.9 Å². The lowest BCUT2D eigenvalue weighted by molar-refractivity contribution is -0.131. The summed E-state index contributed by atoms with van der Waals surface area (Å²) in [4.78, 5) is 47.4. The first-order chi connectivity index (χ1) is 17.5. The number of benzene rings is 2. The summed E-state index contributed by atoms with van der Waals surface area (Å²) in [7, 11) is 0. The minimum absolute atomic E-state index is 0.0215. The quantitative estimate of drug-likeness (QED) is 0.354. The highest BCUT2D eigenvalue weighted by atomic mass is 32.2. The fraction of sp³-hybridized carbons (Fsp3) is 0.407. The molecule has 2 amide bonds. The second kappa shape index (κ2) is 12.1. The topological polar surface area (TPSA) is 87.5 Å². The van der Waals surface area contributed by atoms with E-state index in [2.05, 4.69) is 27.3 Å². The van der Waals surface area contributed by atoms with E-state index in [1.165, 1.54) is 11.8 Å². The first-order valence-electron chi connectivity index (χ1n) is 12.5. The van der Waals surface area contributed by atoms with Gasteiger partial charge in [-0.25, -0.2) is 4.98 Å². The van der Waals surface area contributed by atoms with Crippen LogP contribution in [0.1, 0.15) is 26.7 Å². The van der Waals surface area contributed by atoms with E-state index in [-0.39, 0.29) is 42.1 Å². The van der Waals surface area contributed by atoms with Gasteiger partial charge in [-0.3, -0.25) is 19.0 Å². The summed E-state index contributed by atoms with van der Waals surface area (Å²) in [5, 5.41) is 3.91. The van der Waals surface area contributed by atoms with Gasteiger partial charge in [-0.15, -0.1) is 0 Å². The van der Waals surface area contributed by atoms with Gasteiger partial charge in [0.05, 0.1) is 16.7 Å². The number of nitrogens with zero attached hydrogens (tertiary/aromatic N) is 4. The number of rotatable bonds is 9. The molecule has 0 aliphatic carbocycles. The number of hydrogen-bond acceptors (Lipinski definition) is 6. The lowest BCUT2D eigenvalue weighted by Crippen LogP contribution is -2.49. The van der Waals surface area contributed by atoms with Crippen molar-refractivity contribution in [2.24, 2.45) is 0 Å². The van der Waals surface area contributed by atoms with Crippen LogP contribution in [0.3, 0.4) is 0 Å². The third-order valence-corrected chi connectivity index (χ3v) is 7.46. The van der Waals surface area contributed by atoms with E-state index in [4.69, 9.17) is 0 Å². The predicted octanol–water partition coefficient (Wildman–Crippen LogP) is 3.14. The van der Waals surface area contributed by atoms with E-state index in [0.29, 0.717) is 29.1 Å². The molecule has 0 spiro atoms. The molecule has 0 saturated carbocycles. The van der Waals surface area contributed by atoms with Crippen LogP contribution in [0.4, 0.5) is 5.69 Å². The Kier molecular flexibility index (Phi) is 8.64. The summed E-state index contributed by atoms with van der Waals surface area (Å²) in [6.07, 6.45) is 1.05. The smallest absolute Gasteiger partial charge is 0.262 e. The summed E-state index contributed by atoms with van der Waals surface area (Å²) in [6, 6.07) is 17.5. The lowest BCUT2D eigenvalue weighted by Gasteiger charge is -2.36. The van der Waals surface area contributed by atoms with Crippen molar-refractivity contribution in [3.63, 3.8) is 0 Å². The SMILES string of the molecule is CC[C@H](C)NC(=O)CSc1nc2ccccc2c(=O)n1CCC(=O)N1CCN(c2ccccc2)CC1. The van der Waals surface area contributed by atoms with Gasteiger partial charge in [0.25, 0.3) is 5.56 Å². The van der Waals surface area contributed by atoms with Crippen molar-refractivity contribution in [1.29, 1.82) is 0 Å². The normalized spacial score (nSPS) is 14.6. The second-order valence-electron chi connectivity index (χ2n) is 8.99. The fourth-order valence-electron chi connectivity index (χ4n) is 4.22. The van der Waals surface area contributed by atoms with Crippen LogP contribution in [0.15, 0.2) is 64.5 Å². The molecule has 1 aromatic heterocycles. The Bertz CT molecular complexity index is 1260. The van der Waals surface area contributed by atoms with Crippen LogP contribution >= 0.6 is 11.8 Å². The molecule has 2 aromatic carbocycles. The van der Waals surface area contributed by atoms with Crippen LogP contribution in [-0.2, 0) is 16.1 Å². The zero-order valence-corrected chi connectivity index (χ0v) is 21.7. The molecule has 1 aliphatic rings. The number of hydrogen-bond donors (Lipinski definition) is 1. The molecule has 1 aliphatic heterocycles. The Morgan fingerprint density at radius 1 is 1.03 bits per heavy atom. The van der Waals surface area contributed by atoms with E-state index in [1.54, 1.807) is 22.8 Å². The molecule has 9 heteroatoms. The van der Waals surface area contributed by atoms with Crippen molar-refractivity contribution in [3.05, 3.63) is 65.0 Å². The third-order valence-electron chi connectivity index (χ3n) is 6.48. The van der Waals surface area contributed by atoms with Crippen LogP contribution in [-0.4, -0.2) is 64.2 Å². The highest BCUT2D eigenvalue weighted by Crippen LogP contribution is 2.19. The maximum atomic E-state index is 13.3. The van der Waals surface area contributed by atoms with E-state index < -0.39 is 0 Å². The van der Waals surface area contributed by atoms with Crippen molar-refractivity contribution in [3.8, 4) is 0 Å². The van der Waals surface area contributed by atoms with Gasteiger partial charge in [0.2, 0.25) is 11.8 Å². The monoisotopic (exact) mass is 507 g/mol. The Morgan fingerprint density at radius 3 is 2.44 bits per heavy atom. The number of para-hydroxylation sites is 2. The minimum atomic E-state index is -0.188. The molecule has 1 atom stereocenters. The van der Waals surface area contributed by atoms with Gasteiger partial charge in [0.15, 0.2) is 5.16 Å². The van der Waals surface area contributed by atoms with Crippen molar-refractivity contribution >= 4 is 40.2 Å². The summed E-state index contributed by atoms with van der Waals surface area (Å²) in [6.45, 7) is 7.05. The van der Waals surface area contributed by atoms with Crippen molar-refractivity contribution < 1.29 is 9.59 Å². The van der Waals surface area contributed by atoms with E-state index in [1.807, 2.05) is 43.0 Å². The number of amides is 2. The van der Waals surface area contributed by atoms with Crippen molar-refractivity contribution in [2.45, 2.75) is 44.4 Å². The number of nitrogens with one attached hydrogen (secondary N) is 1. The summed E-state index contributed by atoms with van der Waals surface area (Å²) in [5.74, 6) is 0.0775. The number of aromatic nitrogens is 2. The van der Waals surface area contributed by atoms with Crippen LogP contribution in [0.5, 0.6) is 0 Å². The average molecular weight is 508 g/mol. The van der Waals surface area contributed by atoms with Gasteiger partial charge in [0, 0.05) is 50.9 Å². The third kappa shape index (κ3) is 6.26. The van der Waals surface area contributed by atoms with Gasteiger partial charge >= 0.3 is 0 Å². The number of fused-ring (bicyclic) bond motifs is 1. The molecule has 8 nitrogen and oxygen atoms in total. The van der Waals surface area contributed by atoms with E-state index in [0.717, 1.165) is 25.2 Å². The lowest BCUT2D eigenvalue weighted by atomic mass is 10.2. The van der Waals surface area contributed by atoms with Gasteiger partial charge < -0.3 is 15.1 Å². The van der Waals surface area contributed by atoms with Crippen LogP contribution in [0, 0.1) is 0 Å².